The van der Waals surface area contributed by atoms with Crippen molar-refractivity contribution in [2.75, 3.05) is 5.32 Å². The minimum absolute atomic E-state index is 0.0403. The molecule has 148 valence electrons. The van der Waals surface area contributed by atoms with E-state index < -0.39 is 17.8 Å². The number of carbonyl (C=O) groups excluding carboxylic acids is 4. The lowest BCUT2D eigenvalue weighted by Crippen LogP contribution is -2.40. The average molecular weight is 385 g/mol. The quantitative estimate of drug-likeness (QED) is 0.599. The van der Waals surface area contributed by atoms with E-state index in [1.165, 1.54) is 12.1 Å². The van der Waals surface area contributed by atoms with E-state index in [1.807, 2.05) is 6.08 Å². The summed E-state index contributed by atoms with van der Waals surface area (Å²) in [4.78, 5) is 52.1. The van der Waals surface area contributed by atoms with Gasteiger partial charge in [-0.05, 0) is 49.4 Å². The number of anilines is 1. The zero-order valence-electron chi connectivity index (χ0n) is 15.5. The topological polar surface area (TPSA) is 105 Å². The molecule has 2 N–H and O–H groups in total. The number of rotatable bonds is 5. The van der Waals surface area contributed by atoms with Crippen molar-refractivity contribution in [3.8, 4) is 0 Å². The molecule has 1 aromatic rings. The normalized spacial score (nSPS) is 21.9. The first kappa shape index (κ1) is 19.6. The van der Waals surface area contributed by atoms with E-state index in [9.17, 15) is 19.2 Å². The van der Waals surface area contributed by atoms with Crippen LogP contribution >= 0.6 is 0 Å². The predicted octanol–water partition coefficient (Wildman–Crippen LogP) is 2.77. The SMILES string of the molecule is C=C[C@@H]1CCCC(NC(=O)Nc2ccc(C(=O)ON3C(=O)CCC3=O)cc2)C1. The molecule has 1 saturated carbocycles. The summed E-state index contributed by atoms with van der Waals surface area (Å²) in [6.07, 6.45) is 6.01. The Labute approximate surface area is 162 Å². The summed E-state index contributed by atoms with van der Waals surface area (Å²) in [6.45, 7) is 3.82. The number of carbonyl (C=O) groups is 4. The molecule has 28 heavy (non-hydrogen) atoms. The number of hydroxylamine groups is 2. The van der Waals surface area contributed by atoms with Crippen LogP contribution in [0.5, 0.6) is 0 Å². The molecule has 0 bridgehead atoms. The highest BCUT2D eigenvalue weighted by molar-refractivity contribution is 6.02. The fourth-order valence-electron chi connectivity index (χ4n) is 3.41. The van der Waals surface area contributed by atoms with Crippen LogP contribution in [-0.2, 0) is 14.4 Å². The number of imide groups is 1. The smallest absolute Gasteiger partial charge is 0.335 e. The summed E-state index contributed by atoms with van der Waals surface area (Å²) < 4.78 is 0. The number of benzene rings is 1. The number of hydrogen-bond donors (Lipinski definition) is 2. The van der Waals surface area contributed by atoms with Crippen molar-refractivity contribution in [1.82, 2.24) is 10.4 Å². The summed E-state index contributed by atoms with van der Waals surface area (Å²) in [6, 6.07) is 5.82. The van der Waals surface area contributed by atoms with Crippen molar-refractivity contribution < 1.29 is 24.0 Å². The Morgan fingerprint density at radius 2 is 1.79 bits per heavy atom. The van der Waals surface area contributed by atoms with Gasteiger partial charge in [0.15, 0.2) is 0 Å². The maximum Gasteiger partial charge on any atom is 0.363 e. The third-order valence-corrected chi connectivity index (χ3v) is 4.94. The summed E-state index contributed by atoms with van der Waals surface area (Å²) in [5, 5.41) is 6.19. The van der Waals surface area contributed by atoms with E-state index in [-0.39, 0.29) is 30.5 Å². The molecular weight excluding hydrogens is 362 g/mol. The number of allylic oxidation sites excluding steroid dienone is 1. The fourth-order valence-corrected chi connectivity index (χ4v) is 3.41. The molecule has 8 nitrogen and oxygen atoms in total. The van der Waals surface area contributed by atoms with E-state index in [0.717, 1.165) is 25.7 Å². The van der Waals surface area contributed by atoms with Gasteiger partial charge >= 0.3 is 12.0 Å². The molecule has 1 aliphatic heterocycles. The number of urea groups is 1. The predicted molar refractivity (Wildman–Crippen MR) is 101 cm³/mol. The van der Waals surface area contributed by atoms with Gasteiger partial charge in [0.25, 0.3) is 11.8 Å². The van der Waals surface area contributed by atoms with Crippen LogP contribution in [0.3, 0.4) is 0 Å². The zero-order chi connectivity index (χ0) is 20.1. The van der Waals surface area contributed by atoms with Gasteiger partial charge in [0.05, 0.1) is 5.56 Å². The summed E-state index contributed by atoms with van der Waals surface area (Å²) in [7, 11) is 0. The third kappa shape index (κ3) is 4.76. The molecule has 1 aromatic carbocycles. The largest absolute Gasteiger partial charge is 0.363 e. The lowest BCUT2D eigenvalue weighted by Gasteiger charge is -2.27. The number of nitrogens with zero attached hydrogens (tertiary/aromatic N) is 1. The van der Waals surface area contributed by atoms with Crippen LogP contribution in [-0.4, -0.2) is 34.9 Å². The van der Waals surface area contributed by atoms with Crippen LogP contribution in [0.4, 0.5) is 10.5 Å². The first-order valence-corrected chi connectivity index (χ1v) is 9.34. The first-order chi connectivity index (χ1) is 13.5. The molecule has 1 heterocycles. The molecule has 1 saturated heterocycles. The molecule has 2 atom stereocenters. The van der Waals surface area contributed by atoms with Gasteiger partial charge in [0.1, 0.15) is 0 Å². The van der Waals surface area contributed by atoms with Gasteiger partial charge in [-0.2, -0.15) is 0 Å². The second kappa shape index (κ2) is 8.69. The van der Waals surface area contributed by atoms with Crippen molar-refractivity contribution in [3.05, 3.63) is 42.5 Å². The van der Waals surface area contributed by atoms with Gasteiger partial charge in [-0.25, -0.2) is 9.59 Å². The van der Waals surface area contributed by atoms with E-state index in [4.69, 9.17) is 4.84 Å². The fraction of sp³-hybridized carbons (Fsp3) is 0.400. The Balaban J connectivity index is 1.51. The summed E-state index contributed by atoms with van der Waals surface area (Å²) in [5.74, 6) is -1.44. The van der Waals surface area contributed by atoms with Crippen LogP contribution in [0.25, 0.3) is 0 Å². The molecule has 8 heteroatoms. The monoisotopic (exact) mass is 385 g/mol. The molecule has 0 radical (unpaired) electrons. The maximum atomic E-state index is 12.2. The van der Waals surface area contributed by atoms with Crippen LogP contribution in [0.1, 0.15) is 48.9 Å². The molecular formula is C20H23N3O5. The Morgan fingerprint density at radius 1 is 1.11 bits per heavy atom. The van der Waals surface area contributed by atoms with Crippen molar-refractivity contribution in [2.24, 2.45) is 5.92 Å². The van der Waals surface area contributed by atoms with Crippen LogP contribution in [0.15, 0.2) is 36.9 Å². The van der Waals surface area contributed by atoms with Crippen molar-refractivity contribution >= 4 is 29.5 Å². The first-order valence-electron chi connectivity index (χ1n) is 9.34. The average Bonchev–Trinajstić information content (AvgIpc) is 3.00. The molecule has 1 aliphatic carbocycles. The summed E-state index contributed by atoms with van der Waals surface area (Å²) in [5.41, 5.74) is 0.679. The van der Waals surface area contributed by atoms with Gasteiger partial charge in [0.2, 0.25) is 0 Å². The molecule has 3 rings (SSSR count). The molecule has 2 fully saturated rings. The second-order valence-electron chi connectivity index (χ2n) is 7.00. The van der Waals surface area contributed by atoms with E-state index in [2.05, 4.69) is 17.2 Å². The molecule has 0 spiro atoms. The number of nitrogens with one attached hydrogen (secondary N) is 2. The molecule has 4 amide bonds. The standard InChI is InChI=1S/C20H23N3O5/c1-2-13-4-3-5-16(12-13)22-20(27)21-15-8-6-14(7-9-15)19(26)28-23-17(24)10-11-18(23)25/h2,6-9,13,16H,1,3-5,10-12H2,(H2,21,22,27)/t13-,16?/m1/s1. The lowest BCUT2D eigenvalue weighted by atomic mass is 9.86. The lowest BCUT2D eigenvalue weighted by molar-refractivity contribution is -0.172. The number of amides is 4. The summed E-state index contributed by atoms with van der Waals surface area (Å²) >= 11 is 0. The van der Waals surface area contributed by atoms with Crippen LogP contribution < -0.4 is 10.6 Å². The Kier molecular flexibility index (Phi) is 6.08. The molecule has 0 aromatic heterocycles. The third-order valence-electron chi connectivity index (χ3n) is 4.94. The Morgan fingerprint density at radius 3 is 2.43 bits per heavy atom. The van der Waals surface area contributed by atoms with Gasteiger partial charge in [-0.3, -0.25) is 9.59 Å². The van der Waals surface area contributed by atoms with Crippen molar-refractivity contribution in [2.45, 2.75) is 44.6 Å². The number of hydrogen-bond acceptors (Lipinski definition) is 5. The van der Waals surface area contributed by atoms with Crippen LogP contribution in [0, 0.1) is 5.92 Å². The molecule has 1 unspecified atom stereocenters. The van der Waals surface area contributed by atoms with Crippen molar-refractivity contribution in [3.63, 3.8) is 0 Å². The van der Waals surface area contributed by atoms with E-state index in [1.54, 1.807) is 12.1 Å². The highest BCUT2D eigenvalue weighted by Gasteiger charge is 2.33. The highest BCUT2D eigenvalue weighted by atomic mass is 16.7. The maximum absolute atomic E-state index is 12.2. The van der Waals surface area contributed by atoms with Crippen LogP contribution in [0.2, 0.25) is 0 Å². The van der Waals surface area contributed by atoms with Gasteiger partial charge in [0, 0.05) is 24.6 Å². The Hall–Kier alpha value is -3.16. The van der Waals surface area contributed by atoms with Gasteiger partial charge in [-0.15, -0.1) is 11.6 Å². The Bertz CT molecular complexity index is 774. The highest BCUT2D eigenvalue weighted by Crippen LogP contribution is 2.25. The second-order valence-corrected chi connectivity index (χ2v) is 7.00. The van der Waals surface area contributed by atoms with E-state index in [0.29, 0.717) is 16.7 Å². The molecule has 2 aliphatic rings. The zero-order valence-corrected chi connectivity index (χ0v) is 15.5. The minimum atomic E-state index is -0.808. The van der Waals surface area contributed by atoms with E-state index >= 15 is 0 Å². The minimum Gasteiger partial charge on any atom is -0.335 e. The van der Waals surface area contributed by atoms with Crippen molar-refractivity contribution in [1.29, 1.82) is 0 Å². The van der Waals surface area contributed by atoms with Gasteiger partial charge < -0.3 is 15.5 Å². The van der Waals surface area contributed by atoms with Gasteiger partial charge in [-0.1, -0.05) is 12.5 Å².